The SMILES string of the molecule is O=[N+]([O-])c1ccc(N=Nc2c(O)ccc3ccc(S(=O)(=O)O)cc23)cc1. The number of phenols is 1. The molecule has 26 heavy (non-hydrogen) atoms. The minimum Gasteiger partial charge on any atom is -0.506 e. The molecule has 0 spiro atoms. The molecule has 3 aromatic rings. The molecular formula is C16H11N3O6S. The van der Waals surface area contributed by atoms with Gasteiger partial charge in [-0.15, -0.1) is 5.11 Å². The topological polar surface area (TPSA) is 142 Å². The predicted octanol–water partition coefficient (Wildman–Crippen LogP) is 4.12. The summed E-state index contributed by atoms with van der Waals surface area (Å²) in [7, 11) is -4.42. The minimum absolute atomic E-state index is 0.00588. The molecule has 0 fully saturated rings. The molecule has 0 heterocycles. The number of aromatic hydroxyl groups is 1. The normalized spacial score (nSPS) is 11.9. The molecule has 0 bridgehead atoms. The first kappa shape index (κ1) is 17.5. The molecule has 0 unspecified atom stereocenters. The van der Waals surface area contributed by atoms with Crippen LogP contribution in [0, 0.1) is 10.1 Å². The first-order valence-electron chi connectivity index (χ1n) is 7.15. The van der Waals surface area contributed by atoms with Gasteiger partial charge in [0.2, 0.25) is 0 Å². The van der Waals surface area contributed by atoms with E-state index >= 15 is 0 Å². The molecule has 0 amide bonds. The Morgan fingerprint density at radius 2 is 1.62 bits per heavy atom. The van der Waals surface area contributed by atoms with Crippen molar-refractivity contribution < 1.29 is 23.0 Å². The van der Waals surface area contributed by atoms with Crippen LogP contribution in [0.25, 0.3) is 10.8 Å². The van der Waals surface area contributed by atoms with Gasteiger partial charge in [-0.25, -0.2) is 0 Å². The van der Waals surface area contributed by atoms with Crippen LogP contribution in [-0.2, 0) is 10.1 Å². The standard InChI is InChI=1S/C16H11N3O6S/c20-15-8-2-10-1-7-13(26(23,24)25)9-14(10)16(15)18-17-11-3-5-12(6-4-11)19(21)22/h1-9,20H,(H,23,24,25). The quantitative estimate of drug-likeness (QED) is 0.305. The van der Waals surface area contributed by atoms with Crippen molar-refractivity contribution in [1.82, 2.24) is 0 Å². The largest absolute Gasteiger partial charge is 0.506 e. The van der Waals surface area contributed by atoms with E-state index < -0.39 is 15.0 Å². The van der Waals surface area contributed by atoms with Crippen LogP contribution in [0.15, 0.2) is 69.7 Å². The third-order valence-electron chi connectivity index (χ3n) is 3.57. The summed E-state index contributed by atoms with van der Waals surface area (Å²) in [5.41, 5.74) is 0.207. The van der Waals surface area contributed by atoms with Crippen LogP contribution in [-0.4, -0.2) is 23.0 Å². The van der Waals surface area contributed by atoms with Crippen LogP contribution in [0.4, 0.5) is 17.1 Å². The van der Waals surface area contributed by atoms with E-state index in [9.17, 15) is 28.2 Å². The van der Waals surface area contributed by atoms with E-state index in [2.05, 4.69) is 10.2 Å². The number of rotatable bonds is 4. The highest BCUT2D eigenvalue weighted by atomic mass is 32.2. The first-order chi connectivity index (χ1) is 12.3. The van der Waals surface area contributed by atoms with Crippen LogP contribution in [0.2, 0.25) is 0 Å². The average Bonchev–Trinajstić information content (AvgIpc) is 2.60. The van der Waals surface area contributed by atoms with Gasteiger partial charge in [-0.1, -0.05) is 12.1 Å². The maximum absolute atomic E-state index is 11.3. The number of nitro groups is 1. The number of hydrogen-bond donors (Lipinski definition) is 2. The number of non-ortho nitro benzene ring substituents is 1. The van der Waals surface area contributed by atoms with Crippen LogP contribution >= 0.6 is 0 Å². The van der Waals surface area contributed by atoms with E-state index in [1.165, 1.54) is 48.5 Å². The van der Waals surface area contributed by atoms with Gasteiger partial charge in [-0.3, -0.25) is 14.7 Å². The fourth-order valence-electron chi connectivity index (χ4n) is 2.29. The lowest BCUT2D eigenvalue weighted by atomic mass is 10.1. The van der Waals surface area contributed by atoms with Crippen molar-refractivity contribution in [1.29, 1.82) is 0 Å². The number of nitro benzene ring substituents is 1. The van der Waals surface area contributed by atoms with Crippen LogP contribution < -0.4 is 0 Å². The smallest absolute Gasteiger partial charge is 0.294 e. The van der Waals surface area contributed by atoms with Crippen molar-refractivity contribution in [2.24, 2.45) is 10.2 Å². The third kappa shape index (κ3) is 3.50. The van der Waals surface area contributed by atoms with E-state index in [-0.39, 0.29) is 27.4 Å². The molecule has 9 nitrogen and oxygen atoms in total. The van der Waals surface area contributed by atoms with Gasteiger partial charge >= 0.3 is 0 Å². The Hall–Kier alpha value is -3.37. The monoisotopic (exact) mass is 373 g/mol. The molecule has 3 aromatic carbocycles. The first-order valence-corrected chi connectivity index (χ1v) is 8.59. The summed E-state index contributed by atoms with van der Waals surface area (Å²) < 4.78 is 31.8. The highest BCUT2D eigenvalue weighted by Gasteiger charge is 2.13. The van der Waals surface area contributed by atoms with Gasteiger partial charge in [0.1, 0.15) is 11.4 Å². The molecule has 3 rings (SSSR count). The predicted molar refractivity (Wildman–Crippen MR) is 92.7 cm³/mol. The van der Waals surface area contributed by atoms with Crippen LogP contribution in [0.5, 0.6) is 5.75 Å². The number of nitrogens with zero attached hydrogens (tertiary/aromatic N) is 3. The fraction of sp³-hybridized carbons (Fsp3) is 0. The van der Waals surface area contributed by atoms with Gasteiger partial charge in [0.15, 0.2) is 0 Å². The summed E-state index contributed by atoms with van der Waals surface area (Å²) in [5, 5.41) is 29.4. The molecule has 0 aliphatic rings. The Balaban J connectivity index is 2.08. The Labute approximate surface area is 147 Å². The van der Waals surface area contributed by atoms with E-state index in [0.29, 0.717) is 11.1 Å². The average molecular weight is 373 g/mol. The van der Waals surface area contributed by atoms with Gasteiger partial charge in [0.05, 0.1) is 15.5 Å². The lowest BCUT2D eigenvalue weighted by Crippen LogP contribution is -1.97. The number of hydrogen-bond acceptors (Lipinski definition) is 7. The summed E-state index contributed by atoms with van der Waals surface area (Å²) in [5.74, 6) is -0.240. The zero-order valence-electron chi connectivity index (χ0n) is 13.0. The number of fused-ring (bicyclic) bond motifs is 1. The molecule has 0 aromatic heterocycles. The molecule has 0 aliphatic heterocycles. The molecule has 132 valence electrons. The second-order valence-electron chi connectivity index (χ2n) is 5.26. The van der Waals surface area contributed by atoms with Gasteiger partial charge < -0.3 is 5.11 Å². The Morgan fingerprint density at radius 3 is 2.23 bits per heavy atom. The van der Waals surface area contributed by atoms with Gasteiger partial charge in [0, 0.05) is 17.5 Å². The van der Waals surface area contributed by atoms with Crippen molar-refractivity contribution in [2.75, 3.05) is 0 Å². The maximum Gasteiger partial charge on any atom is 0.294 e. The molecule has 10 heteroatoms. The minimum atomic E-state index is -4.42. The Morgan fingerprint density at radius 1 is 0.962 bits per heavy atom. The van der Waals surface area contributed by atoms with Crippen molar-refractivity contribution in [3.8, 4) is 5.75 Å². The summed E-state index contributed by atoms with van der Waals surface area (Å²) in [4.78, 5) is 9.75. The molecular weight excluding hydrogens is 362 g/mol. The van der Waals surface area contributed by atoms with Gasteiger partial charge in [-0.2, -0.15) is 13.5 Å². The third-order valence-corrected chi connectivity index (χ3v) is 4.42. The molecule has 0 saturated heterocycles. The van der Waals surface area contributed by atoms with Crippen LogP contribution in [0.1, 0.15) is 0 Å². The number of benzene rings is 3. The zero-order chi connectivity index (χ0) is 18.9. The lowest BCUT2D eigenvalue weighted by Gasteiger charge is -2.06. The lowest BCUT2D eigenvalue weighted by molar-refractivity contribution is -0.384. The molecule has 0 aliphatic carbocycles. The summed E-state index contributed by atoms with van der Waals surface area (Å²) in [6.45, 7) is 0. The fourth-order valence-corrected chi connectivity index (χ4v) is 2.79. The highest BCUT2D eigenvalue weighted by molar-refractivity contribution is 7.85. The number of phenolic OH excluding ortho intramolecular Hbond substituents is 1. The molecule has 0 atom stereocenters. The van der Waals surface area contributed by atoms with Crippen molar-refractivity contribution in [2.45, 2.75) is 4.90 Å². The second kappa shape index (κ2) is 6.50. The second-order valence-corrected chi connectivity index (χ2v) is 6.69. The van der Waals surface area contributed by atoms with E-state index in [1.807, 2.05) is 0 Å². The van der Waals surface area contributed by atoms with Gasteiger partial charge in [0.25, 0.3) is 15.8 Å². The zero-order valence-corrected chi connectivity index (χ0v) is 13.8. The van der Waals surface area contributed by atoms with E-state index in [1.54, 1.807) is 6.07 Å². The van der Waals surface area contributed by atoms with E-state index in [0.717, 1.165) is 0 Å². The maximum atomic E-state index is 11.3. The van der Waals surface area contributed by atoms with E-state index in [4.69, 9.17) is 0 Å². The van der Waals surface area contributed by atoms with Crippen molar-refractivity contribution in [3.05, 3.63) is 64.7 Å². The van der Waals surface area contributed by atoms with Crippen LogP contribution in [0.3, 0.4) is 0 Å². The Kier molecular flexibility index (Phi) is 4.36. The molecule has 0 saturated carbocycles. The van der Waals surface area contributed by atoms with Crippen molar-refractivity contribution >= 4 is 38.0 Å². The number of azo groups is 1. The Bertz CT molecular complexity index is 1140. The summed E-state index contributed by atoms with van der Waals surface area (Å²) in [6.07, 6.45) is 0. The summed E-state index contributed by atoms with van der Waals surface area (Å²) >= 11 is 0. The highest BCUT2D eigenvalue weighted by Crippen LogP contribution is 2.37. The molecule has 2 N–H and O–H groups in total. The van der Waals surface area contributed by atoms with Crippen molar-refractivity contribution in [3.63, 3.8) is 0 Å². The van der Waals surface area contributed by atoms with Gasteiger partial charge in [-0.05, 0) is 35.7 Å². The molecule has 0 radical (unpaired) electrons. The summed E-state index contributed by atoms with van der Waals surface area (Å²) in [6, 6.07) is 12.1.